The van der Waals surface area contributed by atoms with Crippen LogP contribution in [-0.2, 0) is 25.2 Å². The molecule has 0 saturated carbocycles. The molecule has 0 aliphatic rings. The molecule has 0 unspecified atom stereocenters. The second kappa shape index (κ2) is 4.69. The summed E-state index contributed by atoms with van der Waals surface area (Å²) in [4.78, 5) is 9.13. The Hall–Kier alpha value is -0.308. The van der Waals surface area contributed by atoms with E-state index in [1.165, 1.54) is 5.92 Å². The van der Waals surface area contributed by atoms with Gasteiger partial charge in [0.2, 0.25) is 0 Å². The average molecular weight is 176 g/mol. The Bertz CT molecular complexity index is 81.3. The van der Waals surface area contributed by atoms with Gasteiger partial charge in [-0.05, 0) is 0 Å². The molecule has 0 aliphatic carbocycles. The third-order valence-electron chi connectivity index (χ3n) is 0.123. The van der Waals surface area contributed by atoms with Crippen molar-refractivity contribution in [3.8, 4) is 12.3 Å². The molecule has 0 aromatic heterocycles. The minimum atomic E-state index is -1.22. The van der Waals surface area contributed by atoms with Crippen LogP contribution in [-0.4, -0.2) is 11.1 Å². The van der Waals surface area contributed by atoms with Crippen molar-refractivity contribution in [1.82, 2.24) is 0 Å². The van der Waals surface area contributed by atoms with Crippen molar-refractivity contribution in [3.63, 3.8) is 0 Å². The Kier molecular flexibility index (Phi) is 7.19. The van der Waals surface area contributed by atoms with Gasteiger partial charge < -0.3 is 5.11 Å². The van der Waals surface area contributed by atoms with Crippen molar-refractivity contribution >= 4 is 5.97 Å². The molecule has 0 rings (SSSR count). The zero-order valence-electron chi connectivity index (χ0n) is 2.75. The zero-order chi connectivity index (χ0) is 4.28. The fourth-order valence-corrected chi connectivity index (χ4v) is 0. The third-order valence-corrected chi connectivity index (χ3v) is 0.123. The number of rotatable bonds is 0. The smallest absolute Gasteiger partial charge is 0.381 e. The molecule has 0 radical (unpaired) electrons. The molecular formula is C3H2O2Pd. The summed E-state index contributed by atoms with van der Waals surface area (Å²) < 4.78 is 0. The van der Waals surface area contributed by atoms with Crippen LogP contribution in [0.25, 0.3) is 0 Å². The summed E-state index contributed by atoms with van der Waals surface area (Å²) in [7, 11) is 0. The van der Waals surface area contributed by atoms with E-state index < -0.39 is 5.97 Å². The molecule has 0 heterocycles. The van der Waals surface area contributed by atoms with Crippen LogP contribution in [0.3, 0.4) is 0 Å². The summed E-state index contributed by atoms with van der Waals surface area (Å²) in [6.07, 6.45) is 4.32. The summed E-state index contributed by atoms with van der Waals surface area (Å²) in [5, 5.41) is 7.49. The van der Waals surface area contributed by atoms with Crippen LogP contribution in [0, 0.1) is 12.3 Å². The van der Waals surface area contributed by atoms with Crippen molar-refractivity contribution in [1.29, 1.82) is 0 Å². The Balaban J connectivity index is 0. The Morgan fingerprint density at radius 3 is 2.00 bits per heavy atom. The molecule has 0 aromatic rings. The molecule has 0 bridgehead atoms. The van der Waals surface area contributed by atoms with Gasteiger partial charge in [0.25, 0.3) is 0 Å². The molecule has 0 aliphatic heterocycles. The van der Waals surface area contributed by atoms with Crippen LogP contribution >= 0.6 is 0 Å². The second-order valence-electron chi connectivity index (χ2n) is 0.449. The summed E-state index contributed by atoms with van der Waals surface area (Å²) >= 11 is 0. The molecule has 0 fully saturated rings. The van der Waals surface area contributed by atoms with Crippen molar-refractivity contribution in [2.45, 2.75) is 0 Å². The van der Waals surface area contributed by atoms with Crippen molar-refractivity contribution in [3.05, 3.63) is 0 Å². The second-order valence-corrected chi connectivity index (χ2v) is 0.449. The summed E-state index contributed by atoms with van der Waals surface area (Å²) in [5.74, 6) is 0.227. The van der Waals surface area contributed by atoms with Crippen LogP contribution in [0.1, 0.15) is 0 Å². The molecule has 6 heavy (non-hydrogen) atoms. The number of carbonyl (C=O) groups is 1. The van der Waals surface area contributed by atoms with Gasteiger partial charge in [0.05, 0.1) is 0 Å². The van der Waals surface area contributed by atoms with Crippen LogP contribution in [0.15, 0.2) is 0 Å². The molecular weight excluding hydrogens is 174 g/mol. The predicted octanol–water partition coefficient (Wildman–Crippen LogP) is -0.298. The molecule has 0 aromatic carbocycles. The van der Waals surface area contributed by atoms with E-state index in [2.05, 4.69) is 6.42 Å². The minimum Gasteiger partial charge on any atom is -0.472 e. The van der Waals surface area contributed by atoms with Gasteiger partial charge in [-0.15, -0.1) is 6.42 Å². The molecule has 0 saturated heterocycles. The Labute approximate surface area is 49.2 Å². The number of carboxylic acids is 1. The molecule has 3 heteroatoms. The van der Waals surface area contributed by atoms with E-state index in [0.717, 1.165) is 0 Å². The molecule has 0 spiro atoms. The van der Waals surface area contributed by atoms with Gasteiger partial charge >= 0.3 is 5.97 Å². The van der Waals surface area contributed by atoms with E-state index in [4.69, 9.17) is 9.90 Å². The van der Waals surface area contributed by atoms with E-state index >= 15 is 0 Å². The van der Waals surface area contributed by atoms with Gasteiger partial charge in [-0.25, -0.2) is 4.79 Å². The fourth-order valence-electron chi connectivity index (χ4n) is 0. The van der Waals surface area contributed by atoms with Crippen LogP contribution in [0.2, 0.25) is 0 Å². The summed E-state index contributed by atoms with van der Waals surface area (Å²) in [6, 6.07) is 0. The van der Waals surface area contributed by atoms with Crippen molar-refractivity contribution in [2.24, 2.45) is 0 Å². The fraction of sp³-hybridized carbons (Fsp3) is 0. The zero-order valence-corrected chi connectivity index (χ0v) is 4.30. The first-order chi connectivity index (χ1) is 2.27. The van der Waals surface area contributed by atoms with E-state index in [0.29, 0.717) is 0 Å². The summed E-state index contributed by atoms with van der Waals surface area (Å²) in [5.41, 5.74) is 0. The van der Waals surface area contributed by atoms with Crippen LogP contribution in [0.4, 0.5) is 0 Å². The molecule has 36 valence electrons. The standard InChI is InChI=1S/C3H2O2.Pd/c1-2-3(4)5;/h1H,(H,4,5);. The number of carboxylic acid groups (broad SMARTS) is 1. The maximum Gasteiger partial charge on any atom is 0.381 e. The maximum atomic E-state index is 9.13. The van der Waals surface area contributed by atoms with Gasteiger partial charge in [0, 0.05) is 26.3 Å². The van der Waals surface area contributed by atoms with Gasteiger partial charge in [0.1, 0.15) is 0 Å². The Morgan fingerprint density at radius 1 is 1.83 bits per heavy atom. The quantitative estimate of drug-likeness (QED) is 0.407. The van der Waals surface area contributed by atoms with Crippen molar-refractivity contribution in [2.75, 3.05) is 0 Å². The van der Waals surface area contributed by atoms with Gasteiger partial charge in [-0.2, -0.15) is 0 Å². The predicted molar refractivity (Wildman–Crippen MR) is 16.5 cm³/mol. The first-order valence-corrected chi connectivity index (χ1v) is 0.966. The monoisotopic (exact) mass is 176 g/mol. The molecule has 0 amide bonds. The largest absolute Gasteiger partial charge is 0.472 e. The first-order valence-electron chi connectivity index (χ1n) is 0.966. The average Bonchev–Trinajstić information content (AvgIpc) is 1.38. The SMILES string of the molecule is C#CC(=O)O.[Pd]. The number of aliphatic carboxylic acids is 1. The van der Waals surface area contributed by atoms with Gasteiger partial charge in [0.15, 0.2) is 0 Å². The third kappa shape index (κ3) is 9.35. The van der Waals surface area contributed by atoms with Crippen LogP contribution < -0.4 is 0 Å². The molecule has 0 atom stereocenters. The summed E-state index contributed by atoms with van der Waals surface area (Å²) in [6.45, 7) is 0. The normalized spacial score (nSPS) is 4.50. The van der Waals surface area contributed by atoms with E-state index in [-0.39, 0.29) is 20.4 Å². The number of hydrogen-bond donors (Lipinski definition) is 1. The first kappa shape index (κ1) is 9.19. The molecule has 1 N–H and O–H groups in total. The van der Waals surface area contributed by atoms with E-state index in [1.54, 1.807) is 0 Å². The topological polar surface area (TPSA) is 37.3 Å². The number of hydrogen-bond acceptors (Lipinski definition) is 1. The van der Waals surface area contributed by atoms with Crippen LogP contribution in [0.5, 0.6) is 0 Å². The molecule has 2 nitrogen and oxygen atoms in total. The number of terminal acetylenes is 1. The van der Waals surface area contributed by atoms with Gasteiger partial charge in [-0.3, -0.25) is 0 Å². The Morgan fingerprint density at radius 2 is 2.00 bits per heavy atom. The van der Waals surface area contributed by atoms with E-state index in [1.807, 2.05) is 0 Å². The van der Waals surface area contributed by atoms with E-state index in [9.17, 15) is 0 Å². The maximum absolute atomic E-state index is 9.13. The van der Waals surface area contributed by atoms with Crippen molar-refractivity contribution < 1.29 is 30.3 Å². The minimum absolute atomic E-state index is 0. The van der Waals surface area contributed by atoms with Gasteiger partial charge in [-0.1, -0.05) is 0 Å².